The third-order valence-electron chi connectivity index (χ3n) is 4.93. The molecule has 0 atom stereocenters. The highest BCUT2D eigenvalue weighted by molar-refractivity contribution is 6.03. The monoisotopic (exact) mass is 412 g/mol. The SMILES string of the molecule is Cc1ccc2nc(-c3ccc(NC(=O)c4cc(-c5ccc(F)cc5)on4)cc3)[nH]c2c1. The van der Waals surface area contributed by atoms with E-state index < -0.39 is 5.91 Å². The molecule has 5 aromatic rings. The predicted octanol–water partition coefficient (Wildman–Crippen LogP) is 5.58. The lowest BCUT2D eigenvalue weighted by Crippen LogP contribution is -2.12. The van der Waals surface area contributed by atoms with E-state index >= 15 is 0 Å². The van der Waals surface area contributed by atoms with Gasteiger partial charge in [-0.05, 0) is 73.2 Å². The molecule has 0 spiro atoms. The van der Waals surface area contributed by atoms with Crippen LogP contribution < -0.4 is 5.32 Å². The van der Waals surface area contributed by atoms with Crippen molar-refractivity contribution in [3.63, 3.8) is 0 Å². The Morgan fingerprint density at radius 1 is 0.968 bits per heavy atom. The molecule has 0 radical (unpaired) electrons. The van der Waals surface area contributed by atoms with Crippen molar-refractivity contribution >= 4 is 22.6 Å². The number of fused-ring (bicyclic) bond motifs is 1. The van der Waals surface area contributed by atoms with Crippen LogP contribution in [0.2, 0.25) is 0 Å². The standard InChI is InChI=1S/C24H17FN4O2/c1-14-2-11-19-20(12-14)28-23(27-19)16-5-9-18(10-6-16)26-24(30)21-13-22(31-29-21)15-3-7-17(25)8-4-15/h2-13H,1H3,(H,26,30)(H,27,28). The Labute approximate surface area is 176 Å². The summed E-state index contributed by atoms with van der Waals surface area (Å²) >= 11 is 0. The zero-order valence-corrected chi connectivity index (χ0v) is 16.5. The summed E-state index contributed by atoms with van der Waals surface area (Å²) in [6, 6.07) is 20.7. The van der Waals surface area contributed by atoms with E-state index in [1.807, 2.05) is 31.2 Å². The number of aryl methyl sites for hydroxylation is 1. The van der Waals surface area contributed by atoms with Gasteiger partial charge in [0.25, 0.3) is 5.91 Å². The van der Waals surface area contributed by atoms with E-state index in [9.17, 15) is 9.18 Å². The number of amides is 1. The first-order valence-corrected chi connectivity index (χ1v) is 9.66. The first kappa shape index (κ1) is 18.7. The number of imidazole rings is 1. The predicted molar refractivity (Wildman–Crippen MR) is 116 cm³/mol. The van der Waals surface area contributed by atoms with Gasteiger partial charge in [-0.2, -0.15) is 0 Å². The summed E-state index contributed by atoms with van der Waals surface area (Å²) < 4.78 is 18.3. The van der Waals surface area contributed by atoms with Gasteiger partial charge in [-0.3, -0.25) is 4.79 Å². The molecule has 6 nitrogen and oxygen atoms in total. The molecule has 3 aromatic carbocycles. The average molecular weight is 412 g/mol. The van der Waals surface area contributed by atoms with E-state index in [2.05, 4.69) is 26.5 Å². The second-order valence-corrected chi connectivity index (χ2v) is 7.22. The van der Waals surface area contributed by atoms with E-state index in [4.69, 9.17) is 4.52 Å². The van der Waals surface area contributed by atoms with Crippen LogP contribution in [0.1, 0.15) is 16.1 Å². The van der Waals surface area contributed by atoms with Crippen molar-refractivity contribution in [2.24, 2.45) is 0 Å². The Morgan fingerprint density at radius 2 is 1.71 bits per heavy atom. The Kier molecular flexibility index (Phi) is 4.55. The van der Waals surface area contributed by atoms with E-state index in [-0.39, 0.29) is 11.5 Å². The summed E-state index contributed by atoms with van der Waals surface area (Å²) in [5.41, 5.74) is 5.35. The van der Waals surface area contributed by atoms with E-state index in [0.717, 1.165) is 28.0 Å². The second-order valence-electron chi connectivity index (χ2n) is 7.22. The molecule has 0 aliphatic carbocycles. The first-order valence-electron chi connectivity index (χ1n) is 9.66. The number of carbonyl (C=O) groups excluding carboxylic acids is 1. The molecule has 0 fully saturated rings. The fraction of sp³-hybridized carbons (Fsp3) is 0.0417. The summed E-state index contributed by atoms with van der Waals surface area (Å²) in [7, 11) is 0. The van der Waals surface area contributed by atoms with Crippen LogP contribution in [-0.4, -0.2) is 21.0 Å². The van der Waals surface area contributed by atoms with Crippen LogP contribution in [0.3, 0.4) is 0 Å². The number of hydrogen-bond acceptors (Lipinski definition) is 4. The molecule has 0 unspecified atom stereocenters. The highest BCUT2D eigenvalue weighted by atomic mass is 19.1. The van der Waals surface area contributed by atoms with Gasteiger partial charge in [0.05, 0.1) is 11.0 Å². The quantitative estimate of drug-likeness (QED) is 0.403. The topological polar surface area (TPSA) is 83.8 Å². The van der Waals surface area contributed by atoms with Gasteiger partial charge in [0.15, 0.2) is 11.5 Å². The van der Waals surface area contributed by atoms with Gasteiger partial charge < -0.3 is 14.8 Å². The molecular weight excluding hydrogens is 395 g/mol. The smallest absolute Gasteiger partial charge is 0.277 e. The maximum atomic E-state index is 13.1. The fourth-order valence-corrected chi connectivity index (χ4v) is 3.30. The number of H-pyrrole nitrogens is 1. The summed E-state index contributed by atoms with van der Waals surface area (Å²) in [4.78, 5) is 20.4. The van der Waals surface area contributed by atoms with Crippen molar-refractivity contribution < 1.29 is 13.7 Å². The summed E-state index contributed by atoms with van der Waals surface area (Å²) in [6.07, 6.45) is 0. The van der Waals surface area contributed by atoms with Gasteiger partial charge in [0, 0.05) is 22.9 Å². The normalized spacial score (nSPS) is 11.0. The lowest BCUT2D eigenvalue weighted by molar-refractivity contribution is 0.101. The maximum Gasteiger partial charge on any atom is 0.277 e. The van der Waals surface area contributed by atoms with Gasteiger partial charge in [-0.1, -0.05) is 11.2 Å². The molecule has 0 aliphatic rings. The van der Waals surface area contributed by atoms with Crippen molar-refractivity contribution in [2.75, 3.05) is 5.32 Å². The van der Waals surface area contributed by atoms with Gasteiger partial charge in [-0.25, -0.2) is 9.37 Å². The molecule has 152 valence electrons. The van der Waals surface area contributed by atoms with Gasteiger partial charge in [0.2, 0.25) is 0 Å². The zero-order valence-electron chi connectivity index (χ0n) is 16.5. The van der Waals surface area contributed by atoms with Crippen molar-refractivity contribution in [3.05, 3.63) is 89.9 Å². The highest BCUT2D eigenvalue weighted by Crippen LogP contribution is 2.24. The average Bonchev–Trinajstić information content (AvgIpc) is 3.42. The lowest BCUT2D eigenvalue weighted by atomic mass is 10.1. The van der Waals surface area contributed by atoms with Crippen LogP contribution in [0.25, 0.3) is 33.7 Å². The summed E-state index contributed by atoms with van der Waals surface area (Å²) in [5.74, 6) is 0.408. The zero-order chi connectivity index (χ0) is 21.4. The molecule has 5 rings (SSSR count). The second kappa shape index (κ2) is 7.53. The molecule has 2 N–H and O–H groups in total. The minimum Gasteiger partial charge on any atom is -0.355 e. The van der Waals surface area contributed by atoms with Gasteiger partial charge in [0.1, 0.15) is 11.6 Å². The number of aromatic amines is 1. The Balaban J connectivity index is 1.31. The number of anilines is 1. The molecule has 0 bridgehead atoms. The van der Waals surface area contributed by atoms with Crippen LogP contribution in [0, 0.1) is 12.7 Å². The molecule has 1 amide bonds. The number of hydrogen-bond donors (Lipinski definition) is 2. The van der Waals surface area contributed by atoms with Gasteiger partial charge >= 0.3 is 0 Å². The number of benzene rings is 3. The summed E-state index contributed by atoms with van der Waals surface area (Å²) in [6.45, 7) is 2.04. The molecule has 0 saturated heterocycles. The van der Waals surface area contributed by atoms with E-state index in [1.54, 1.807) is 24.3 Å². The molecule has 31 heavy (non-hydrogen) atoms. The Morgan fingerprint density at radius 3 is 2.48 bits per heavy atom. The number of nitrogens with zero attached hydrogens (tertiary/aromatic N) is 2. The van der Waals surface area contributed by atoms with Crippen LogP contribution in [0.15, 0.2) is 77.3 Å². The molecule has 0 aliphatic heterocycles. The molecule has 0 saturated carbocycles. The van der Waals surface area contributed by atoms with Crippen LogP contribution >= 0.6 is 0 Å². The molecule has 2 aromatic heterocycles. The number of aromatic nitrogens is 3. The number of carbonyl (C=O) groups is 1. The molecular formula is C24H17FN4O2. The molecule has 7 heteroatoms. The third-order valence-corrected chi connectivity index (χ3v) is 4.93. The van der Waals surface area contributed by atoms with Crippen LogP contribution in [-0.2, 0) is 0 Å². The van der Waals surface area contributed by atoms with Crippen LogP contribution in [0.4, 0.5) is 10.1 Å². The lowest BCUT2D eigenvalue weighted by Gasteiger charge is -2.03. The summed E-state index contributed by atoms with van der Waals surface area (Å²) in [5, 5.41) is 6.60. The maximum absolute atomic E-state index is 13.1. The van der Waals surface area contributed by atoms with Crippen molar-refractivity contribution in [2.45, 2.75) is 6.92 Å². The fourth-order valence-electron chi connectivity index (χ4n) is 3.30. The van der Waals surface area contributed by atoms with Gasteiger partial charge in [-0.15, -0.1) is 0 Å². The van der Waals surface area contributed by atoms with E-state index in [1.165, 1.54) is 18.2 Å². The van der Waals surface area contributed by atoms with Crippen molar-refractivity contribution in [3.8, 4) is 22.7 Å². The largest absolute Gasteiger partial charge is 0.355 e. The first-order chi connectivity index (χ1) is 15.0. The number of halogens is 1. The number of rotatable bonds is 4. The highest BCUT2D eigenvalue weighted by Gasteiger charge is 2.14. The minimum absolute atomic E-state index is 0.135. The van der Waals surface area contributed by atoms with E-state index in [0.29, 0.717) is 17.0 Å². The Bertz CT molecular complexity index is 1390. The van der Waals surface area contributed by atoms with Crippen molar-refractivity contribution in [1.29, 1.82) is 0 Å². The number of nitrogens with one attached hydrogen (secondary N) is 2. The molecule has 2 heterocycles. The third kappa shape index (κ3) is 3.81. The Hall–Kier alpha value is -4.26. The van der Waals surface area contributed by atoms with Crippen molar-refractivity contribution in [1.82, 2.24) is 15.1 Å². The van der Waals surface area contributed by atoms with Crippen LogP contribution in [0.5, 0.6) is 0 Å². The minimum atomic E-state index is -0.399.